The van der Waals surface area contributed by atoms with Crippen molar-refractivity contribution in [2.75, 3.05) is 0 Å². The molecule has 0 atom stereocenters. The zero-order valence-electron chi connectivity index (χ0n) is 18.4. The lowest BCUT2D eigenvalue weighted by atomic mass is 10.1. The molecular formula is C21H38O6P2. The second kappa shape index (κ2) is 12.2. The Morgan fingerprint density at radius 1 is 0.759 bits per heavy atom. The third-order valence-corrected chi connectivity index (χ3v) is 9.02. The van der Waals surface area contributed by atoms with Gasteiger partial charge in [0, 0.05) is 0 Å². The van der Waals surface area contributed by atoms with Gasteiger partial charge in [0.05, 0.1) is 0 Å². The predicted molar refractivity (Wildman–Crippen MR) is 121 cm³/mol. The average Bonchev–Trinajstić information content (AvgIpc) is 2.51. The van der Waals surface area contributed by atoms with Crippen molar-refractivity contribution in [1.82, 2.24) is 0 Å². The fourth-order valence-corrected chi connectivity index (χ4v) is 5.30. The SMILES string of the molecule is C/C(=C\CC(C/C=C(\C)C/C=C/C(C)C)(P(=O)(O)O)P(=O)(O)O)C/C=C/C(C)C. The molecule has 0 unspecified atom stereocenters. The Hall–Kier alpha value is -0.740. The van der Waals surface area contributed by atoms with Crippen molar-refractivity contribution in [3.8, 4) is 0 Å². The second-order valence-electron chi connectivity index (χ2n) is 8.33. The van der Waals surface area contributed by atoms with Gasteiger partial charge in [-0.15, -0.1) is 0 Å². The standard InChI is InChI=1S/C21H38O6P2/c1-17(2)9-7-11-19(5)13-15-21(28(22,23)24,29(25,26)27)16-14-20(6)12-8-10-18(3)4/h7-10,13-14,17-18H,11-12,15-16H2,1-6H3,(H2,22,23,24)(H2,25,26,27)/b9-7+,10-8+,19-13+,20-14+. The van der Waals surface area contributed by atoms with Crippen molar-refractivity contribution in [3.63, 3.8) is 0 Å². The number of rotatable bonds is 12. The molecular weight excluding hydrogens is 410 g/mol. The number of hydrogen-bond acceptors (Lipinski definition) is 2. The topological polar surface area (TPSA) is 115 Å². The first kappa shape index (κ1) is 28.3. The quantitative estimate of drug-likeness (QED) is 0.218. The van der Waals surface area contributed by atoms with Gasteiger partial charge >= 0.3 is 15.2 Å². The summed E-state index contributed by atoms with van der Waals surface area (Å²) in [4.78, 5) is 37.2. The van der Waals surface area contributed by atoms with Crippen LogP contribution >= 0.6 is 15.2 Å². The molecule has 168 valence electrons. The first-order valence-electron chi connectivity index (χ1n) is 9.88. The van der Waals surface area contributed by atoms with E-state index in [9.17, 15) is 28.7 Å². The van der Waals surface area contributed by atoms with Crippen LogP contribution in [0.5, 0.6) is 0 Å². The first-order chi connectivity index (χ1) is 13.1. The van der Waals surface area contributed by atoms with Crippen molar-refractivity contribution >= 4 is 15.2 Å². The number of hydrogen-bond donors (Lipinski definition) is 4. The molecule has 4 N–H and O–H groups in total. The summed E-state index contributed by atoms with van der Waals surface area (Å²) in [5, 5.41) is 0. The third kappa shape index (κ3) is 10.2. The van der Waals surface area contributed by atoms with Crippen LogP contribution in [0.1, 0.15) is 67.2 Å². The van der Waals surface area contributed by atoms with Crippen molar-refractivity contribution in [2.45, 2.75) is 72.1 Å². The predicted octanol–water partition coefficient (Wildman–Crippen LogP) is 5.92. The molecule has 0 aromatic heterocycles. The Balaban J connectivity index is 5.75. The van der Waals surface area contributed by atoms with Gasteiger partial charge in [0.2, 0.25) is 0 Å². The van der Waals surface area contributed by atoms with Gasteiger partial charge in [-0.1, -0.05) is 75.3 Å². The Bertz CT molecular complexity index is 657. The van der Waals surface area contributed by atoms with E-state index in [1.165, 1.54) is 12.2 Å². The Morgan fingerprint density at radius 3 is 1.31 bits per heavy atom. The molecule has 29 heavy (non-hydrogen) atoms. The van der Waals surface area contributed by atoms with Gasteiger partial charge in [-0.25, -0.2) is 0 Å². The van der Waals surface area contributed by atoms with E-state index in [4.69, 9.17) is 0 Å². The zero-order chi connectivity index (χ0) is 22.9. The van der Waals surface area contributed by atoms with Crippen molar-refractivity contribution in [2.24, 2.45) is 11.8 Å². The maximum Gasteiger partial charge on any atom is 0.344 e. The molecule has 0 saturated carbocycles. The minimum atomic E-state index is -5.11. The lowest BCUT2D eigenvalue weighted by Gasteiger charge is -2.33. The van der Waals surface area contributed by atoms with Gasteiger partial charge in [0.1, 0.15) is 0 Å². The molecule has 0 spiro atoms. The summed E-state index contributed by atoms with van der Waals surface area (Å²) in [6.45, 7) is 11.7. The molecule has 0 heterocycles. The van der Waals surface area contributed by atoms with Gasteiger partial charge in [-0.05, 0) is 51.4 Å². The minimum Gasteiger partial charge on any atom is -0.324 e. The minimum absolute atomic E-state index is 0.380. The summed E-state index contributed by atoms with van der Waals surface area (Å²) in [5.74, 6) is 0.759. The fourth-order valence-electron chi connectivity index (χ4n) is 2.62. The maximum absolute atomic E-state index is 12.2. The largest absolute Gasteiger partial charge is 0.344 e. The van der Waals surface area contributed by atoms with Gasteiger partial charge in [0.25, 0.3) is 0 Å². The molecule has 0 fully saturated rings. The van der Waals surface area contributed by atoms with Crippen molar-refractivity contribution in [1.29, 1.82) is 0 Å². The zero-order valence-corrected chi connectivity index (χ0v) is 20.2. The molecule has 0 aromatic carbocycles. The molecule has 0 amide bonds. The molecule has 0 aromatic rings. The summed E-state index contributed by atoms with van der Waals surface area (Å²) in [7, 11) is -10.2. The van der Waals surface area contributed by atoms with Crippen LogP contribution in [-0.2, 0) is 9.13 Å². The Labute approximate surface area is 175 Å². The van der Waals surface area contributed by atoms with Crippen LogP contribution in [0.2, 0.25) is 0 Å². The average molecular weight is 448 g/mol. The van der Waals surface area contributed by atoms with Crippen LogP contribution in [-0.4, -0.2) is 24.5 Å². The van der Waals surface area contributed by atoms with E-state index in [2.05, 4.69) is 0 Å². The van der Waals surface area contributed by atoms with Gasteiger partial charge in [-0.3, -0.25) is 9.13 Å². The third-order valence-electron chi connectivity index (χ3n) is 4.56. The number of allylic oxidation sites excluding steroid dienone is 8. The molecule has 0 aliphatic heterocycles. The molecule has 8 heteroatoms. The summed E-state index contributed by atoms with van der Waals surface area (Å²) in [6, 6.07) is 0. The van der Waals surface area contributed by atoms with Crippen LogP contribution in [0.4, 0.5) is 0 Å². The smallest absolute Gasteiger partial charge is 0.324 e. The Morgan fingerprint density at radius 2 is 1.07 bits per heavy atom. The highest BCUT2D eigenvalue weighted by Gasteiger charge is 2.58. The van der Waals surface area contributed by atoms with E-state index < -0.39 is 32.9 Å². The van der Waals surface area contributed by atoms with Gasteiger partial charge in [0.15, 0.2) is 4.90 Å². The highest BCUT2D eigenvalue weighted by atomic mass is 31.2. The van der Waals surface area contributed by atoms with E-state index in [1.54, 1.807) is 13.8 Å². The molecule has 0 saturated heterocycles. The van der Waals surface area contributed by atoms with Crippen LogP contribution in [0.15, 0.2) is 47.6 Å². The fraction of sp³-hybridized carbons (Fsp3) is 0.619. The van der Waals surface area contributed by atoms with E-state index in [0.29, 0.717) is 24.7 Å². The first-order valence-corrected chi connectivity index (χ1v) is 13.1. The van der Waals surface area contributed by atoms with Crippen LogP contribution in [0.3, 0.4) is 0 Å². The highest BCUT2D eigenvalue weighted by Crippen LogP contribution is 2.72. The second-order valence-corrected chi connectivity index (χ2v) is 12.6. The molecule has 0 radical (unpaired) electrons. The molecule has 0 bridgehead atoms. The highest BCUT2D eigenvalue weighted by molar-refractivity contribution is 7.72. The van der Waals surface area contributed by atoms with Crippen molar-refractivity contribution < 1.29 is 28.7 Å². The summed E-state index contributed by atoms with van der Waals surface area (Å²) in [6.07, 6.45) is 11.3. The maximum atomic E-state index is 12.2. The van der Waals surface area contributed by atoms with Crippen LogP contribution < -0.4 is 0 Å². The van der Waals surface area contributed by atoms with E-state index in [-0.39, 0.29) is 0 Å². The van der Waals surface area contributed by atoms with E-state index >= 15 is 0 Å². The molecule has 0 aliphatic rings. The van der Waals surface area contributed by atoms with E-state index in [0.717, 1.165) is 11.1 Å². The summed E-state index contributed by atoms with van der Waals surface area (Å²) in [5.41, 5.74) is 1.60. The Kier molecular flexibility index (Phi) is 11.9. The van der Waals surface area contributed by atoms with Crippen LogP contribution in [0, 0.1) is 11.8 Å². The van der Waals surface area contributed by atoms with Gasteiger partial charge < -0.3 is 19.6 Å². The summed E-state index contributed by atoms with van der Waals surface area (Å²) >= 11 is 0. The monoisotopic (exact) mass is 448 g/mol. The van der Waals surface area contributed by atoms with Gasteiger partial charge in [-0.2, -0.15) is 0 Å². The van der Waals surface area contributed by atoms with E-state index in [1.807, 2.05) is 52.0 Å². The lowest BCUT2D eigenvalue weighted by Crippen LogP contribution is -2.28. The molecule has 6 nitrogen and oxygen atoms in total. The van der Waals surface area contributed by atoms with Crippen molar-refractivity contribution in [3.05, 3.63) is 47.6 Å². The normalized spacial score (nSPS) is 15.4. The molecule has 0 rings (SSSR count). The van der Waals surface area contributed by atoms with Crippen LogP contribution in [0.25, 0.3) is 0 Å². The molecule has 0 aliphatic carbocycles. The lowest BCUT2D eigenvalue weighted by molar-refractivity contribution is 0.307. The summed E-state index contributed by atoms with van der Waals surface area (Å²) < 4.78 is 24.5.